The minimum atomic E-state index is -0.793. The minimum absolute atomic E-state index is 0.277. The zero-order valence-electron chi connectivity index (χ0n) is 14.3. The van der Waals surface area contributed by atoms with Crippen LogP contribution in [0, 0.1) is 6.92 Å². The smallest absolute Gasteiger partial charge is 0.316 e. The van der Waals surface area contributed by atoms with E-state index < -0.39 is 11.4 Å². The quantitative estimate of drug-likeness (QED) is 0.830. The van der Waals surface area contributed by atoms with Crippen LogP contribution in [0.4, 0.5) is 0 Å². The Bertz CT molecular complexity index is 691. The molecular weight excluding hydrogens is 302 g/mol. The molecule has 126 valence electrons. The highest BCUT2D eigenvalue weighted by atomic mass is 16.5. The van der Waals surface area contributed by atoms with Gasteiger partial charge < -0.3 is 10.1 Å². The standard InChI is InChI=1S/C20H23NO3/c1-15-9-11-16(12-10-15)13-21-18(22)14-24-19(23)20(2,3)17-7-5-4-6-8-17/h4-12H,13-14H2,1-3H3,(H,21,22). The summed E-state index contributed by atoms with van der Waals surface area (Å²) >= 11 is 0. The second kappa shape index (κ2) is 7.77. The lowest BCUT2D eigenvalue weighted by molar-refractivity contribution is -0.153. The normalized spacial score (nSPS) is 11.0. The number of hydrogen-bond acceptors (Lipinski definition) is 3. The van der Waals surface area contributed by atoms with Gasteiger partial charge in [-0.15, -0.1) is 0 Å². The summed E-state index contributed by atoms with van der Waals surface area (Å²) in [5.41, 5.74) is 2.24. The first-order valence-corrected chi connectivity index (χ1v) is 7.94. The number of esters is 1. The van der Waals surface area contributed by atoms with Crippen molar-refractivity contribution >= 4 is 11.9 Å². The zero-order chi connectivity index (χ0) is 17.6. The molecule has 4 nitrogen and oxygen atoms in total. The van der Waals surface area contributed by atoms with E-state index in [1.165, 1.54) is 5.56 Å². The first-order valence-electron chi connectivity index (χ1n) is 7.94. The molecule has 0 atom stereocenters. The van der Waals surface area contributed by atoms with Gasteiger partial charge in [0.2, 0.25) is 0 Å². The lowest BCUT2D eigenvalue weighted by Gasteiger charge is -2.22. The first kappa shape index (κ1) is 17.7. The number of nitrogens with one attached hydrogen (secondary N) is 1. The number of aryl methyl sites for hydroxylation is 1. The number of ether oxygens (including phenoxy) is 1. The molecule has 0 fully saturated rings. The average Bonchev–Trinajstić information content (AvgIpc) is 2.59. The van der Waals surface area contributed by atoms with Gasteiger partial charge in [-0.2, -0.15) is 0 Å². The van der Waals surface area contributed by atoms with E-state index in [0.717, 1.165) is 11.1 Å². The maximum Gasteiger partial charge on any atom is 0.316 e. The van der Waals surface area contributed by atoms with Crippen LogP contribution in [0.1, 0.15) is 30.5 Å². The highest BCUT2D eigenvalue weighted by molar-refractivity contribution is 5.85. The third-order valence-corrected chi connectivity index (χ3v) is 3.95. The van der Waals surface area contributed by atoms with Crippen molar-refractivity contribution in [2.45, 2.75) is 32.7 Å². The molecular formula is C20H23NO3. The lowest BCUT2D eigenvalue weighted by atomic mass is 9.85. The molecule has 0 spiro atoms. The van der Waals surface area contributed by atoms with Gasteiger partial charge in [0.25, 0.3) is 5.91 Å². The molecule has 0 radical (unpaired) electrons. The Morgan fingerprint density at radius 1 is 1.00 bits per heavy atom. The van der Waals surface area contributed by atoms with Crippen LogP contribution >= 0.6 is 0 Å². The van der Waals surface area contributed by atoms with Gasteiger partial charge in [0.15, 0.2) is 6.61 Å². The summed E-state index contributed by atoms with van der Waals surface area (Å²) in [6.45, 7) is 5.72. The van der Waals surface area contributed by atoms with Crippen molar-refractivity contribution in [3.8, 4) is 0 Å². The van der Waals surface area contributed by atoms with Gasteiger partial charge in [0.05, 0.1) is 5.41 Å². The summed E-state index contributed by atoms with van der Waals surface area (Å²) < 4.78 is 5.18. The van der Waals surface area contributed by atoms with Gasteiger partial charge in [-0.3, -0.25) is 9.59 Å². The lowest BCUT2D eigenvalue weighted by Crippen LogP contribution is -2.35. The fourth-order valence-corrected chi connectivity index (χ4v) is 2.24. The van der Waals surface area contributed by atoms with E-state index in [4.69, 9.17) is 4.74 Å². The van der Waals surface area contributed by atoms with Gasteiger partial charge in [-0.1, -0.05) is 60.2 Å². The van der Waals surface area contributed by atoms with Crippen LogP contribution in [-0.2, 0) is 26.3 Å². The molecule has 0 aliphatic carbocycles. The molecule has 1 amide bonds. The number of benzene rings is 2. The van der Waals surface area contributed by atoms with Gasteiger partial charge in [0.1, 0.15) is 0 Å². The number of carbonyl (C=O) groups is 2. The number of rotatable bonds is 6. The van der Waals surface area contributed by atoms with Crippen molar-refractivity contribution in [3.63, 3.8) is 0 Å². The molecule has 0 heterocycles. The summed E-state index contributed by atoms with van der Waals surface area (Å²) in [6, 6.07) is 17.3. The molecule has 2 aromatic carbocycles. The van der Waals surface area contributed by atoms with Gasteiger partial charge in [-0.25, -0.2) is 0 Å². The molecule has 0 aliphatic rings. The van der Waals surface area contributed by atoms with Crippen LogP contribution in [0.25, 0.3) is 0 Å². The number of hydrogen-bond donors (Lipinski definition) is 1. The van der Waals surface area contributed by atoms with Gasteiger partial charge >= 0.3 is 5.97 Å². The third kappa shape index (κ3) is 4.69. The van der Waals surface area contributed by atoms with Crippen LogP contribution in [0.2, 0.25) is 0 Å². The summed E-state index contributed by atoms with van der Waals surface area (Å²) in [5, 5.41) is 2.75. The van der Waals surface area contributed by atoms with Crippen molar-refractivity contribution in [2.24, 2.45) is 0 Å². The Labute approximate surface area is 142 Å². The largest absolute Gasteiger partial charge is 0.455 e. The predicted octanol–water partition coefficient (Wildman–Crippen LogP) is 3.13. The molecule has 1 N–H and O–H groups in total. The molecule has 0 aromatic heterocycles. The first-order chi connectivity index (χ1) is 11.4. The average molecular weight is 325 g/mol. The number of amides is 1. The SMILES string of the molecule is Cc1ccc(CNC(=O)COC(=O)C(C)(C)c2ccccc2)cc1. The summed E-state index contributed by atoms with van der Waals surface area (Å²) in [4.78, 5) is 24.1. The van der Waals surface area contributed by atoms with Crippen LogP contribution < -0.4 is 5.32 Å². The van der Waals surface area contributed by atoms with Crippen molar-refractivity contribution in [3.05, 3.63) is 71.3 Å². The molecule has 0 bridgehead atoms. The van der Waals surface area contributed by atoms with E-state index in [9.17, 15) is 9.59 Å². The second-order valence-electron chi connectivity index (χ2n) is 6.33. The van der Waals surface area contributed by atoms with Crippen LogP contribution in [0.15, 0.2) is 54.6 Å². The molecule has 0 unspecified atom stereocenters. The Hall–Kier alpha value is -2.62. The van der Waals surface area contributed by atoms with Crippen molar-refractivity contribution < 1.29 is 14.3 Å². The van der Waals surface area contributed by atoms with E-state index in [1.807, 2.05) is 61.5 Å². The van der Waals surface area contributed by atoms with Gasteiger partial charge in [-0.05, 0) is 31.9 Å². The Morgan fingerprint density at radius 3 is 2.25 bits per heavy atom. The van der Waals surface area contributed by atoms with Crippen LogP contribution in [0.5, 0.6) is 0 Å². The maximum atomic E-state index is 12.3. The van der Waals surface area contributed by atoms with Crippen molar-refractivity contribution in [1.82, 2.24) is 5.32 Å². The monoisotopic (exact) mass is 325 g/mol. The Balaban J connectivity index is 1.82. The fraction of sp³-hybridized carbons (Fsp3) is 0.300. The predicted molar refractivity (Wildman–Crippen MR) is 93.5 cm³/mol. The van der Waals surface area contributed by atoms with Crippen molar-refractivity contribution in [2.75, 3.05) is 6.61 Å². The zero-order valence-corrected chi connectivity index (χ0v) is 14.3. The van der Waals surface area contributed by atoms with E-state index in [-0.39, 0.29) is 12.5 Å². The molecule has 4 heteroatoms. The highest BCUT2D eigenvalue weighted by Gasteiger charge is 2.31. The third-order valence-electron chi connectivity index (χ3n) is 3.95. The fourth-order valence-electron chi connectivity index (χ4n) is 2.24. The van der Waals surface area contributed by atoms with E-state index in [1.54, 1.807) is 13.8 Å². The number of carbonyl (C=O) groups excluding carboxylic acids is 2. The maximum absolute atomic E-state index is 12.3. The van der Waals surface area contributed by atoms with Crippen LogP contribution in [-0.4, -0.2) is 18.5 Å². The Morgan fingerprint density at radius 2 is 1.62 bits per heavy atom. The van der Waals surface area contributed by atoms with E-state index >= 15 is 0 Å². The van der Waals surface area contributed by atoms with E-state index in [0.29, 0.717) is 6.54 Å². The summed E-state index contributed by atoms with van der Waals surface area (Å²) in [5.74, 6) is -0.730. The van der Waals surface area contributed by atoms with E-state index in [2.05, 4.69) is 5.32 Å². The van der Waals surface area contributed by atoms with Crippen molar-refractivity contribution in [1.29, 1.82) is 0 Å². The molecule has 24 heavy (non-hydrogen) atoms. The summed E-state index contributed by atoms with van der Waals surface area (Å²) in [6.07, 6.45) is 0. The molecule has 2 rings (SSSR count). The second-order valence-corrected chi connectivity index (χ2v) is 6.33. The van der Waals surface area contributed by atoms with Gasteiger partial charge in [0, 0.05) is 6.54 Å². The molecule has 2 aromatic rings. The summed E-state index contributed by atoms with van der Waals surface area (Å²) in [7, 11) is 0. The minimum Gasteiger partial charge on any atom is -0.455 e. The molecule has 0 saturated heterocycles. The highest BCUT2D eigenvalue weighted by Crippen LogP contribution is 2.24. The molecule has 0 aliphatic heterocycles. The Kier molecular flexibility index (Phi) is 5.74. The molecule has 0 saturated carbocycles. The topological polar surface area (TPSA) is 55.4 Å². The van der Waals surface area contributed by atoms with Crippen LogP contribution in [0.3, 0.4) is 0 Å².